The fourth-order valence-corrected chi connectivity index (χ4v) is 15.3. The highest BCUT2D eigenvalue weighted by atomic mass is 16.2. The van der Waals surface area contributed by atoms with Crippen LogP contribution in [-0.2, 0) is 64.6 Å². The molecule has 0 unspecified atom stereocenters. The second-order valence-electron chi connectivity index (χ2n) is 30.1. The molecule has 1 aliphatic carbocycles. The molecule has 0 atom stereocenters. The first-order valence-corrected chi connectivity index (χ1v) is 39.8. The second kappa shape index (κ2) is 34.9. The van der Waals surface area contributed by atoms with Crippen LogP contribution in [0.5, 0.6) is 0 Å². The molecule has 8 heterocycles. The lowest BCUT2D eigenvalue weighted by molar-refractivity contribution is 0.648. The number of aryl methyl sites for hydroxylation is 15. The van der Waals surface area contributed by atoms with E-state index >= 15 is 0 Å². The van der Waals surface area contributed by atoms with Gasteiger partial charge in [-0.05, 0) is 228 Å². The van der Waals surface area contributed by atoms with Crippen LogP contribution < -0.4 is 55.0 Å². The molecule has 0 radical (unpaired) electrons. The first-order valence-electron chi connectivity index (χ1n) is 39.8. The number of H-pyrrole nitrogens is 4. The Bertz CT molecular complexity index is 6580. The standard InChI is InChI=1S/C24H24N4O.2C23H24N4O2.C22H22N4O2/c1-15-13-20-21(14-19(15)18-10-11-18)28(12-6-9-17-7-4-3-5-8-17)23-22(27-20)24(29)26-16(2)25-23;1-4-17-13-18-19(12-15(17)3)27(11-5-6-16-9-7-14(2)8-10-16)21-20(24-18)22(28)26-23(29)25-21;1-3-5-17-11-12-19-18(14-17)24-20-21(25-23(29)26-22(20)28)27(19)13-4-6-16-9-7-15(2)8-10-16;1-3-15-9-10-18-17(13-15)23-19-20(24-22(28)25-21(19)27)26(18)11-5-8-16-7-4-6-14(2)12-16/h3-5,7-8,13-14,18H,2,6,9-12H2,1H3,(H,26,29);7-10,12-13H,4-6,11H2,1-3H3,(H,26,28,29);7-12,14H,3-6,13H2,1-2H3,(H,26,28,29);4,6-7,9-10,12-13H,3,5,8,11H2,1-2H3,(H,25,27,28). The molecular formula is C92H94N16O7. The number of nitrogens with zero attached hydrogens (tertiary/aromatic N) is 12. The zero-order chi connectivity index (χ0) is 80.6. The van der Waals surface area contributed by atoms with Crippen molar-refractivity contribution < 1.29 is 0 Å². The monoisotopic (exact) mass is 1530 g/mol. The summed E-state index contributed by atoms with van der Waals surface area (Å²) >= 11 is 0. The van der Waals surface area contributed by atoms with Gasteiger partial charge in [-0.25, -0.2) is 39.3 Å². The number of rotatable bonds is 21. The fourth-order valence-electron chi connectivity index (χ4n) is 15.3. The smallest absolute Gasteiger partial charge is 0.322 e. The molecule has 115 heavy (non-hydrogen) atoms. The van der Waals surface area contributed by atoms with Crippen molar-refractivity contribution in [3.8, 4) is 34.6 Å². The Labute approximate surface area is 663 Å². The summed E-state index contributed by atoms with van der Waals surface area (Å²) in [4.78, 5) is 132. The maximum atomic E-state index is 12.5. The Balaban J connectivity index is 0.000000127. The molecule has 1 aromatic heterocycles. The lowest BCUT2D eigenvalue weighted by Gasteiger charge is -2.29. The van der Waals surface area contributed by atoms with E-state index in [1.807, 2.05) is 50.1 Å². The summed E-state index contributed by atoms with van der Waals surface area (Å²) in [5, 5.41) is 0.378. The van der Waals surface area contributed by atoms with Gasteiger partial charge in [-0.15, -0.1) is 0 Å². The van der Waals surface area contributed by atoms with Crippen LogP contribution in [0.25, 0.3) is 74.2 Å². The minimum absolute atomic E-state index is 0.205. The normalized spacial score (nSPS) is 12.3. The van der Waals surface area contributed by atoms with Gasteiger partial charge in [0.15, 0.2) is 45.7 Å². The molecule has 4 N–H and O–H groups in total. The molecule has 17 rings (SSSR count). The van der Waals surface area contributed by atoms with Crippen LogP contribution in [0.4, 0.5) is 17.2 Å². The van der Waals surface area contributed by atoms with E-state index in [1.54, 1.807) is 0 Å². The third-order valence-electron chi connectivity index (χ3n) is 21.4. The molecule has 584 valence electrons. The summed E-state index contributed by atoms with van der Waals surface area (Å²) in [6, 6.07) is 56.6. The molecule has 9 aromatic rings. The van der Waals surface area contributed by atoms with Gasteiger partial charge in [0, 0.05) is 26.2 Å². The summed E-state index contributed by atoms with van der Waals surface area (Å²) < 4.78 is 5.87. The van der Waals surface area contributed by atoms with Gasteiger partial charge >= 0.3 is 17.1 Å². The Morgan fingerprint density at radius 3 is 1.38 bits per heavy atom. The molecule has 0 amide bonds. The summed E-state index contributed by atoms with van der Waals surface area (Å²) in [5.74, 6) is 2.31. The highest BCUT2D eigenvalue weighted by Gasteiger charge is 2.30. The van der Waals surface area contributed by atoms with Crippen molar-refractivity contribution in [3.05, 3.63) is 320 Å². The SMILES string of the molecule is C=c1nc2c(c(=O)[nH]1)=Nc1cc(C)c(C3CC3)cc1N2CCCc1ccccc1.CCCc1ccc2c(c1)nc1c(=O)[nH]c(=O)nc-1n2CCCc1ccc(C)cc1.CCc1cc2nc3c(=O)[nH]c(=O)nc-3n(CCCc3ccc(C)cc3)c2cc1C.CCc1ccc2c(c1)nc1c(=O)[nH]c(=O)nc-1n2CCCc1cccc(C)c1. The molecular weight excluding hydrogens is 1440 g/mol. The number of hydrogen-bond acceptors (Lipinski definition) is 16. The van der Waals surface area contributed by atoms with Crippen molar-refractivity contribution in [2.24, 2.45) is 4.99 Å². The Kier molecular flexibility index (Phi) is 23.9. The highest BCUT2D eigenvalue weighted by Crippen LogP contribution is 2.46. The third kappa shape index (κ3) is 18.2. The van der Waals surface area contributed by atoms with E-state index in [9.17, 15) is 33.6 Å². The van der Waals surface area contributed by atoms with Gasteiger partial charge in [0.2, 0.25) is 0 Å². The molecule has 0 bridgehead atoms. The van der Waals surface area contributed by atoms with Gasteiger partial charge in [0.05, 0.1) is 44.5 Å². The zero-order valence-electron chi connectivity index (χ0n) is 66.3. The number of hydrogen-bond donors (Lipinski definition) is 4. The maximum absolute atomic E-state index is 12.5. The average Bonchev–Trinajstić information content (AvgIpc) is 1.70. The van der Waals surface area contributed by atoms with Crippen LogP contribution >= 0.6 is 0 Å². The van der Waals surface area contributed by atoms with E-state index in [0.29, 0.717) is 59.7 Å². The Hall–Kier alpha value is -13.1. The van der Waals surface area contributed by atoms with Crippen molar-refractivity contribution in [1.29, 1.82) is 0 Å². The van der Waals surface area contributed by atoms with E-state index in [2.05, 4.69) is 254 Å². The van der Waals surface area contributed by atoms with E-state index in [0.717, 1.165) is 134 Å². The molecule has 23 heteroatoms. The maximum Gasteiger partial charge on any atom is 0.349 e. The molecule has 0 saturated heterocycles. The minimum Gasteiger partial charge on any atom is -0.322 e. The fraction of sp³-hybridized carbons (Fsp3) is 0.293. The van der Waals surface area contributed by atoms with Gasteiger partial charge in [0.25, 0.3) is 22.2 Å². The lowest BCUT2D eigenvalue weighted by Crippen LogP contribution is -2.42. The Morgan fingerprint density at radius 2 is 0.870 bits per heavy atom. The summed E-state index contributed by atoms with van der Waals surface area (Å²) in [5.41, 5.74) is 20.3. The molecule has 1 fully saturated rings. The first kappa shape index (κ1) is 78.6. The van der Waals surface area contributed by atoms with Gasteiger partial charge < -0.3 is 23.6 Å². The average molecular weight is 1540 g/mol. The summed E-state index contributed by atoms with van der Waals surface area (Å²) in [6.07, 6.45) is 13.5. The van der Waals surface area contributed by atoms with Gasteiger partial charge in [0.1, 0.15) is 5.48 Å². The number of anilines is 2. The van der Waals surface area contributed by atoms with Crippen LogP contribution in [0.3, 0.4) is 0 Å². The van der Waals surface area contributed by atoms with Gasteiger partial charge in [-0.3, -0.25) is 34.1 Å². The molecule has 0 spiro atoms. The largest absolute Gasteiger partial charge is 0.349 e. The first-order chi connectivity index (χ1) is 55.6. The molecule has 8 aliphatic rings. The molecule has 8 aromatic carbocycles. The van der Waals surface area contributed by atoms with Crippen LogP contribution in [0.15, 0.2) is 202 Å². The third-order valence-corrected chi connectivity index (χ3v) is 21.4. The number of fused-ring (bicyclic) bond motifs is 8. The predicted molar refractivity (Wildman–Crippen MR) is 455 cm³/mol. The summed E-state index contributed by atoms with van der Waals surface area (Å²) in [6.45, 7) is 23.3. The van der Waals surface area contributed by atoms with E-state index in [1.165, 1.54) is 79.6 Å². The van der Waals surface area contributed by atoms with Gasteiger partial charge in [-0.1, -0.05) is 166 Å². The van der Waals surface area contributed by atoms with Crippen molar-refractivity contribution >= 4 is 56.9 Å². The molecule has 7 aliphatic heterocycles. The van der Waals surface area contributed by atoms with E-state index in [4.69, 9.17) is 0 Å². The Morgan fingerprint density at radius 1 is 0.400 bits per heavy atom. The highest BCUT2D eigenvalue weighted by molar-refractivity contribution is 5.83. The van der Waals surface area contributed by atoms with Crippen LogP contribution in [0.2, 0.25) is 0 Å². The van der Waals surface area contributed by atoms with Gasteiger partial charge in [-0.2, -0.15) is 15.0 Å². The lowest BCUT2D eigenvalue weighted by atomic mass is 10.0. The van der Waals surface area contributed by atoms with E-state index in [-0.39, 0.29) is 22.6 Å². The van der Waals surface area contributed by atoms with Crippen molar-refractivity contribution in [1.82, 2.24) is 68.5 Å². The molecule has 1 saturated carbocycles. The number of nitrogens with one attached hydrogen (secondary N) is 4. The summed E-state index contributed by atoms with van der Waals surface area (Å²) in [7, 11) is 0. The van der Waals surface area contributed by atoms with Crippen molar-refractivity contribution in [2.75, 3.05) is 11.4 Å². The predicted octanol–water partition coefficient (Wildman–Crippen LogP) is 13.4. The van der Waals surface area contributed by atoms with Crippen molar-refractivity contribution in [3.63, 3.8) is 0 Å². The molecule has 23 nitrogen and oxygen atoms in total. The quantitative estimate of drug-likeness (QED) is 0.0486. The van der Waals surface area contributed by atoms with Crippen LogP contribution in [-0.4, -0.2) is 75.1 Å². The zero-order valence-corrected chi connectivity index (χ0v) is 66.3. The number of benzene rings is 8. The number of aromatic amines is 4. The topological polar surface area (TPSA) is 303 Å². The minimum atomic E-state index is -0.642. The van der Waals surface area contributed by atoms with Crippen LogP contribution in [0.1, 0.15) is 144 Å². The van der Waals surface area contributed by atoms with Crippen LogP contribution in [0, 0.1) is 34.6 Å². The number of aromatic nitrogens is 14. The van der Waals surface area contributed by atoms with E-state index < -0.39 is 33.7 Å². The second-order valence-corrected chi connectivity index (χ2v) is 30.1. The van der Waals surface area contributed by atoms with Crippen molar-refractivity contribution in [2.45, 2.75) is 171 Å².